The first-order valence-corrected chi connectivity index (χ1v) is 5.98. The summed E-state index contributed by atoms with van der Waals surface area (Å²) in [6.45, 7) is 0. The van der Waals surface area contributed by atoms with E-state index < -0.39 is 0 Å². The highest BCUT2D eigenvalue weighted by Crippen LogP contribution is 2.38. The predicted octanol–water partition coefficient (Wildman–Crippen LogP) is 0.912. The minimum absolute atomic E-state index is 0.160. The molecule has 0 unspecified atom stereocenters. The van der Waals surface area contributed by atoms with E-state index in [1.807, 2.05) is 0 Å². The molecule has 0 bridgehead atoms. The number of carbonyl (C=O) groups is 1. The third-order valence-electron chi connectivity index (χ3n) is 2.29. The van der Waals surface area contributed by atoms with E-state index in [1.165, 1.54) is 24.9 Å². The number of rotatable bonds is 4. The summed E-state index contributed by atoms with van der Waals surface area (Å²) in [5.41, 5.74) is 0.667. The highest BCUT2D eigenvalue weighted by molar-refractivity contribution is 7.99. The van der Waals surface area contributed by atoms with E-state index in [9.17, 15) is 9.59 Å². The molecule has 1 heterocycles. The third-order valence-corrected chi connectivity index (χ3v) is 3.14. The lowest BCUT2D eigenvalue weighted by atomic mass is 10.3. The van der Waals surface area contributed by atoms with Crippen molar-refractivity contribution in [3.63, 3.8) is 0 Å². The van der Waals surface area contributed by atoms with Crippen LogP contribution >= 0.6 is 11.8 Å². The van der Waals surface area contributed by atoms with Crippen LogP contribution in [0.1, 0.15) is 24.5 Å². The lowest BCUT2D eigenvalue weighted by Crippen LogP contribution is -2.11. The molecule has 0 atom stereocenters. The summed E-state index contributed by atoms with van der Waals surface area (Å²) in [6, 6.07) is 1.53. The number of ether oxygens (including phenoxy) is 1. The summed E-state index contributed by atoms with van der Waals surface area (Å²) in [5.74, 6) is 0.261. The van der Waals surface area contributed by atoms with Crippen molar-refractivity contribution in [3.8, 4) is 0 Å². The largest absolute Gasteiger partial charge is 0.468 e. The number of H-pyrrole nitrogens is 1. The molecule has 0 saturated heterocycles. The third kappa shape index (κ3) is 2.85. The molecule has 0 spiro atoms. The first kappa shape index (κ1) is 11.2. The lowest BCUT2D eigenvalue weighted by molar-refractivity contribution is -0.137. The number of hydrogen-bond donors (Lipinski definition) is 1. The van der Waals surface area contributed by atoms with Crippen LogP contribution in [0.5, 0.6) is 0 Å². The maximum atomic E-state index is 11.3. The van der Waals surface area contributed by atoms with E-state index in [1.54, 1.807) is 0 Å². The van der Waals surface area contributed by atoms with Gasteiger partial charge < -0.3 is 9.72 Å². The zero-order valence-corrected chi connectivity index (χ0v) is 9.67. The van der Waals surface area contributed by atoms with Gasteiger partial charge in [-0.1, -0.05) is 11.8 Å². The summed E-state index contributed by atoms with van der Waals surface area (Å²) < 4.78 is 4.51. The van der Waals surface area contributed by atoms with E-state index in [4.69, 9.17) is 0 Å². The maximum Gasteiger partial charge on any atom is 0.316 e. The van der Waals surface area contributed by atoms with E-state index >= 15 is 0 Å². The quantitative estimate of drug-likeness (QED) is 0.481. The number of thioether (sulfide) groups is 1. The van der Waals surface area contributed by atoms with Crippen LogP contribution in [-0.2, 0) is 9.53 Å². The van der Waals surface area contributed by atoms with E-state index in [-0.39, 0.29) is 17.3 Å². The summed E-state index contributed by atoms with van der Waals surface area (Å²) in [4.78, 5) is 29.2. The van der Waals surface area contributed by atoms with Crippen molar-refractivity contribution in [2.45, 2.75) is 23.9 Å². The molecule has 6 heteroatoms. The van der Waals surface area contributed by atoms with E-state index in [0.717, 1.165) is 18.5 Å². The first-order valence-electron chi connectivity index (χ1n) is 5.00. The molecular weight excluding hydrogens is 228 g/mol. The average molecular weight is 240 g/mol. The topological polar surface area (TPSA) is 72.0 Å². The van der Waals surface area contributed by atoms with Crippen molar-refractivity contribution in [1.82, 2.24) is 9.97 Å². The number of methoxy groups -OCH3 is 1. The highest BCUT2D eigenvalue weighted by atomic mass is 32.2. The van der Waals surface area contributed by atoms with Gasteiger partial charge in [0.15, 0.2) is 5.16 Å². The van der Waals surface area contributed by atoms with Crippen LogP contribution in [0.2, 0.25) is 0 Å². The second-order valence-corrected chi connectivity index (χ2v) is 4.58. The second-order valence-electron chi connectivity index (χ2n) is 3.61. The Morgan fingerprint density at radius 1 is 1.69 bits per heavy atom. The molecule has 5 nitrogen and oxygen atoms in total. The molecule has 1 aromatic rings. The Hall–Kier alpha value is -1.30. The number of carbonyl (C=O) groups excluding carboxylic acids is 1. The number of aromatic amines is 1. The van der Waals surface area contributed by atoms with Crippen LogP contribution in [0.4, 0.5) is 0 Å². The zero-order chi connectivity index (χ0) is 11.5. The molecule has 1 aromatic heterocycles. The maximum absolute atomic E-state index is 11.3. The fourth-order valence-corrected chi connectivity index (χ4v) is 2.01. The molecule has 1 saturated carbocycles. The van der Waals surface area contributed by atoms with Gasteiger partial charge in [-0.25, -0.2) is 4.98 Å². The minimum atomic E-state index is -0.329. The Kier molecular flexibility index (Phi) is 3.28. The van der Waals surface area contributed by atoms with E-state index in [2.05, 4.69) is 14.7 Å². The molecule has 16 heavy (non-hydrogen) atoms. The van der Waals surface area contributed by atoms with Gasteiger partial charge in [0, 0.05) is 12.0 Å². The summed E-state index contributed by atoms with van der Waals surface area (Å²) in [6.07, 6.45) is 2.19. The van der Waals surface area contributed by atoms with Gasteiger partial charge >= 0.3 is 5.97 Å². The lowest BCUT2D eigenvalue weighted by Gasteiger charge is -2.02. The minimum Gasteiger partial charge on any atom is -0.468 e. The van der Waals surface area contributed by atoms with Crippen molar-refractivity contribution < 1.29 is 9.53 Å². The van der Waals surface area contributed by atoms with Gasteiger partial charge in [0.05, 0.1) is 18.6 Å². The van der Waals surface area contributed by atoms with Crippen molar-refractivity contribution in [2.75, 3.05) is 12.9 Å². The van der Waals surface area contributed by atoms with Crippen LogP contribution in [0.3, 0.4) is 0 Å². The van der Waals surface area contributed by atoms with Gasteiger partial charge in [-0.3, -0.25) is 9.59 Å². The molecular formula is C10H12N2O3S. The second kappa shape index (κ2) is 4.69. The molecule has 0 amide bonds. The van der Waals surface area contributed by atoms with Crippen molar-refractivity contribution in [3.05, 3.63) is 22.1 Å². The SMILES string of the molecule is COC(=O)CSc1nc(C2CC2)cc(=O)[nH]1. The van der Waals surface area contributed by atoms with Crippen LogP contribution in [0.15, 0.2) is 16.0 Å². The molecule has 86 valence electrons. The molecule has 0 aliphatic heterocycles. The smallest absolute Gasteiger partial charge is 0.316 e. The summed E-state index contributed by atoms with van der Waals surface area (Å²) in [5, 5.41) is 0.486. The molecule has 1 aliphatic carbocycles. The van der Waals surface area contributed by atoms with Gasteiger partial charge in [0.2, 0.25) is 0 Å². The van der Waals surface area contributed by atoms with Crippen molar-refractivity contribution >= 4 is 17.7 Å². The molecule has 2 rings (SSSR count). The predicted molar refractivity (Wildman–Crippen MR) is 59.6 cm³/mol. The van der Waals surface area contributed by atoms with Gasteiger partial charge in [-0.05, 0) is 12.8 Å². The van der Waals surface area contributed by atoms with Crippen LogP contribution in [0.25, 0.3) is 0 Å². The fourth-order valence-electron chi connectivity index (χ4n) is 1.30. The average Bonchev–Trinajstić information content (AvgIpc) is 3.09. The van der Waals surface area contributed by atoms with Crippen LogP contribution < -0.4 is 5.56 Å². The normalized spacial score (nSPS) is 14.8. The number of aromatic nitrogens is 2. The van der Waals surface area contributed by atoms with Gasteiger partial charge in [0.25, 0.3) is 5.56 Å². The van der Waals surface area contributed by atoms with Crippen LogP contribution in [-0.4, -0.2) is 28.8 Å². The fraction of sp³-hybridized carbons (Fsp3) is 0.500. The van der Waals surface area contributed by atoms with Crippen molar-refractivity contribution in [2.24, 2.45) is 0 Å². The first-order chi connectivity index (χ1) is 7.69. The number of esters is 1. The Morgan fingerprint density at radius 2 is 2.44 bits per heavy atom. The molecule has 0 radical (unpaired) electrons. The summed E-state index contributed by atoms with van der Waals surface area (Å²) in [7, 11) is 1.33. The van der Waals surface area contributed by atoms with Gasteiger partial charge in [-0.15, -0.1) is 0 Å². The van der Waals surface area contributed by atoms with Crippen LogP contribution in [0, 0.1) is 0 Å². The van der Waals surface area contributed by atoms with E-state index in [0.29, 0.717) is 11.1 Å². The highest BCUT2D eigenvalue weighted by Gasteiger charge is 2.25. The Bertz CT molecular complexity index is 454. The standard InChI is InChI=1S/C10H12N2O3S/c1-15-9(14)5-16-10-11-7(6-2-3-6)4-8(13)12-10/h4,6H,2-3,5H2,1H3,(H,11,12,13). The molecule has 0 aromatic carbocycles. The van der Waals surface area contributed by atoms with Crippen molar-refractivity contribution in [1.29, 1.82) is 0 Å². The van der Waals surface area contributed by atoms with Gasteiger partial charge in [-0.2, -0.15) is 0 Å². The monoisotopic (exact) mass is 240 g/mol. The zero-order valence-electron chi connectivity index (χ0n) is 8.86. The summed E-state index contributed by atoms with van der Waals surface area (Å²) >= 11 is 1.19. The van der Waals surface area contributed by atoms with Gasteiger partial charge in [0.1, 0.15) is 0 Å². The molecule has 1 N–H and O–H groups in total. The Morgan fingerprint density at radius 3 is 3.06 bits per heavy atom. The Balaban J connectivity index is 2.08. The molecule has 1 aliphatic rings. The number of nitrogens with one attached hydrogen (secondary N) is 1. The molecule has 1 fully saturated rings. The number of hydrogen-bond acceptors (Lipinski definition) is 5. The Labute approximate surface area is 96.6 Å². The number of nitrogens with zero attached hydrogens (tertiary/aromatic N) is 1.